The Morgan fingerprint density at radius 1 is 1.17 bits per heavy atom. The van der Waals surface area contributed by atoms with Gasteiger partial charge in [-0.25, -0.2) is 4.39 Å². The molecule has 0 aliphatic rings. The predicted molar refractivity (Wildman–Crippen MR) is 51.1 cm³/mol. The Bertz CT molecular complexity index is 468. The highest BCUT2D eigenvalue weighted by molar-refractivity contribution is 6.30. The molecule has 1 rings (SSSR count). The van der Waals surface area contributed by atoms with Gasteiger partial charge in [0.25, 0.3) is 0 Å². The van der Waals surface area contributed by atoms with Gasteiger partial charge in [0.15, 0.2) is 0 Å². The first-order valence-electron chi connectivity index (χ1n) is 4.47. The van der Waals surface area contributed by atoms with Crippen LogP contribution >= 0.6 is 11.6 Å². The Balaban J connectivity index is 2.91. The van der Waals surface area contributed by atoms with Gasteiger partial charge in [0.1, 0.15) is 5.82 Å². The number of Topliss-reactive ketones (excluding diaryl/α,β-unsaturated/α-hetero) is 1. The zero-order chi connectivity index (χ0) is 14.1. The van der Waals surface area contributed by atoms with Crippen LogP contribution in [-0.4, -0.2) is 17.9 Å². The summed E-state index contributed by atoms with van der Waals surface area (Å²) in [5.41, 5.74) is -0.314. The molecule has 8 heteroatoms. The second kappa shape index (κ2) is 4.79. The van der Waals surface area contributed by atoms with Gasteiger partial charge >= 0.3 is 12.1 Å². The molecule has 0 saturated heterocycles. The standard InChI is InChI=1S/C10H5ClF6O/c11-6-2-1-5(3-7(6)12)4-8(18)9(13,14)10(15,16)17/h1-3H,4H2. The summed E-state index contributed by atoms with van der Waals surface area (Å²) in [5, 5.41) is -0.325. The molecule has 0 heterocycles. The zero-order valence-electron chi connectivity index (χ0n) is 8.49. The van der Waals surface area contributed by atoms with E-state index in [9.17, 15) is 31.1 Å². The molecule has 1 aromatic rings. The molecule has 0 amide bonds. The molecule has 1 nitrogen and oxygen atoms in total. The highest BCUT2D eigenvalue weighted by Crippen LogP contribution is 2.36. The molecule has 0 fully saturated rings. The van der Waals surface area contributed by atoms with Crippen LogP contribution in [0.2, 0.25) is 5.02 Å². The van der Waals surface area contributed by atoms with Crippen LogP contribution in [0.1, 0.15) is 5.56 Å². The van der Waals surface area contributed by atoms with Crippen molar-refractivity contribution in [2.75, 3.05) is 0 Å². The number of benzene rings is 1. The van der Waals surface area contributed by atoms with Crippen molar-refractivity contribution in [2.45, 2.75) is 18.5 Å². The lowest BCUT2D eigenvalue weighted by Crippen LogP contribution is -2.44. The molecule has 0 radical (unpaired) electrons. The highest BCUT2D eigenvalue weighted by Gasteiger charge is 2.62. The van der Waals surface area contributed by atoms with Gasteiger partial charge in [-0.05, 0) is 17.7 Å². The molecule has 100 valence electrons. The first kappa shape index (κ1) is 14.8. The normalized spacial score (nSPS) is 12.6. The smallest absolute Gasteiger partial charge is 0.292 e. The number of carbonyl (C=O) groups excluding carboxylic acids is 1. The van der Waals surface area contributed by atoms with Gasteiger partial charge in [-0.2, -0.15) is 22.0 Å². The zero-order valence-corrected chi connectivity index (χ0v) is 9.25. The van der Waals surface area contributed by atoms with Crippen LogP contribution in [-0.2, 0) is 11.2 Å². The van der Waals surface area contributed by atoms with Crippen molar-refractivity contribution in [3.05, 3.63) is 34.6 Å². The molecule has 0 aromatic heterocycles. The summed E-state index contributed by atoms with van der Waals surface area (Å²) >= 11 is 5.29. The Hall–Kier alpha value is -1.24. The third-order valence-electron chi connectivity index (χ3n) is 2.05. The van der Waals surface area contributed by atoms with Gasteiger partial charge in [-0.15, -0.1) is 0 Å². The summed E-state index contributed by atoms with van der Waals surface area (Å²) in [7, 11) is 0. The molecule has 0 aliphatic heterocycles. The summed E-state index contributed by atoms with van der Waals surface area (Å²) in [6.45, 7) is 0. The number of hydrogen-bond donors (Lipinski definition) is 0. The summed E-state index contributed by atoms with van der Waals surface area (Å²) in [5.74, 6) is -8.81. The van der Waals surface area contributed by atoms with E-state index in [1.54, 1.807) is 0 Å². The van der Waals surface area contributed by atoms with E-state index in [4.69, 9.17) is 11.6 Å². The number of rotatable bonds is 3. The van der Waals surface area contributed by atoms with E-state index in [0.717, 1.165) is 12.1 Å². The van der Waals surface area contributed by atoms with Crippen molar-refractivity contribution in [2.24, 2.45) is 0 Å². The van der Waals surface area contributed by atoms with E-state index in [0.29, 0.717) is 6.07 Å². The number of ketones is 1. The number of alkyl halides is 5. The summed E-state index contributed by atoms with van der Waals surface area (Å²) < 4.78 is 73.7. The van der Waals surface area contributed by atoms with Crippen molar-refractivity contribution in [3.63, 3.8) is 0 Å². The Labute approximate surface area is 102 Å². The third-order valence-corrected chi connectivity index (χ3v) is 2.36. The van der Waals surface area contributed by atoms with E-state index in [1.165, 1.54) is 0 Å². The number of hydrogen-bond acceptors (Lipinski definition) is 1. The van der Waals surface area contributed by atoms with Crippen molar-refractivity contribution >= 4 is 17.4 Å². The average Bonchev–Trinajstić information content (AvgIpc) is 2.21. The van der Waals surface area contributed by atoms with Crippen LogP contribution in [0.25, 0.3) is 0 Å². The maximum absolute atomic E-state index is 12.9. The van der Waals surface area contributed by atoms with Gasteiger partial charge in [0, 0.05) is 6.42 Å². The molecular weight excluding hydrogens is 286 g/mol. The molecule has 0 saturated carbocycles. The van der Waals surface area contributed by atoms with E-state index in [1.807, 2.05) is 0 Å². The van der Waals surface area contributed by atoms with E-state index in [2.05, 4.69) is 0 Å². The molecule has 1 aromatic carbocycles. The van der Waals surface area contributed by atoms with Gasteiger partial charge in [-0.3, -0.25) is 4.79 Å². The van der Waals surface area contributed by atoms with Crippen molar-refractivity contribution < 1.29 is 31.1 Å². The van der Waals surface area contributed by atoms with Crippen LogP contribution < -0.4 is 0 Å². The SMILES string of the molecule is O=C(Cc1ccc(Cl)c(F)c1)C(F)(F)C(F)(F)F. The van der Waals surface area contributed by atoms with E-state index in [-0.39, 0.29) is 10.6 Å². The van der Waals surface area contributed by atoms with Crippen LogP contribution in [0.3, 0.4) is 0 Å². The largest absolute Gasteiger partial charge is 0.461 e. The van der Waals surface area contributed by atoms with Crippen LogP contribution in [0, 0.1) is 5.82 Å². The minimum Gasteiger partial charge on any atom is -0.292 e. The quantitative estimate of drug-likeness (QED) is 0.774. The first-order valence-corrected chi connectivity index (χ1v) is 4.85. The van der Waals surface area contributed by atoms with E-state index >= 15 is 0 Å². The summed E-state index contributed by atoms with van der Waals surface area (Å²) in [4.78, 5) is 10.9. The fourth-order valence-electron chi connectivity index (χ4n) is 1.10. The average molecular weight is 291 g/mol. The minimum atomic E-state index is -5.96. The maximum atomic E-state index is 12.9. The van der Waals surface area contributed by atoms with Crippen LogP contribution in [0.4, 0.5) is 26.3 Å². The third kappa shape index (κ3) is 2.95. The molecule has 0 unspecified atom stereocenters. The lowest BCUT2D eigenvalue weighted by atomic mass is 10.0. The van der Waals surface area contributed by atoms with Crippen molar-refractivity contribution in [3.8, 4) is 0 Å². The number of carbonyl (C=O) groups is 1. The molecule has 0 aliphatic carbocycles. The second-order valence-corrected chi connectivity index (χ2v) is 3.83. The van der Waals surface area contributed by atoms with Gasteiger partial charge in [0.2, 0.25) is 5.78 Å². The van der Waals surface area contributed by atoms with Gasteiger partial charge in [0.05, 0.1) is 5.02 Å². The molecule has 0 spiro atoms. The van der Waals surface area contributed by atoms with Crippen LogP contribution in [0.5, 0.6) is 0 Å². The molecular formula is C10H5ClF6O. The predicted octanol–water partition coefficient (Wildman–Crippen LogP) is 3.79. The Morgan fingerprint density at radius 2 is 1.72 bits per heavy atom. The second-order valence-electron chi connectivity index (χ2n) is 3.42. The van der Waals surface area contributed by atoms with Gasteiger partial charge in [-0.1, -0.05) is 17.7 Å². The summed E-state index contributed by atoms with van der Waals surface area (Å²) in [6.07, 6.45) is -7.20. The number of halogens is 7. The minimum absolute atomic E-state index is 0.314. The topological polar surface area (TPSA) is 17.1 Å². The summed E-state index contributed by atoms with van der Waals surface area (Å²) in [6, 6.07) is 2.59. The van der Waals surface area contributed by atoms with E-state index < -0.39 is 30.1 Å². The highest BCUT2D eigenvalue weighted by atomic mass is 35.5. The molecule has 18 heavy (non-hydrogen) atoms. The monoisotopic (exact) mass is 290 g/mol. The van der Waals surface area contributed by atoms with Crippen molar-refractivity contribution in [1.82, 2.24) is 0 Å². The fourth-order valence-corrected chi connectivity index (χ4v) is 1.22. The molecule has 0 N–H and O–H groups in total. The molecule has 0 atom stereocenters. The van der Waals surface area contributed by atoms with Crippen molar-refractivity contribution in [1.29, 1.82) is 0 Å². The lowest BCUT2D eigenvalue weighted by Gasteiger charge is -2.18. The Morgan fingerprint density at radius 3 is 2.17 bits per heavy atom. The fraction of sp³-hybridized carbons (Fsp3) is 0.300. The Kier molecular flexibility index (Phi) is 3.95. The first-order chi connectivity index (χ1) is 8.05. The van der Waals surface area contributed by atoms with Gasteiger partial charge < -0.3 is 0 Å². The lowest BCUT2D eigenvalue weighted by molar-refractivity contribution is -0.268. The molecule has 0 bridgehead atoms. The van der Waals surface area contributed by atoms with Crippen LogP contribution in [0.15, 0.2) is 18.2 Å². The maximum Gasteiger partial charge on any atom is 0.461 e.